The van der Waals surface area contributed by atoms with Crippen molar-refractivity contribution in [2.75, 3.05) is 0 Å². The van der Waals surface area contributed by atoms with Crippen molar-refractivity contribution in [2.24, 2.45) is 11.8 Å². The van der Waals surface area contributed by atoms with Gasteiger partial charge in [0.15, 0.2) is 0 Å². The molecule has 3 nitrogen and oxygen atoms in total. The van der Waals surface area contributed by atoms with Gasteiger partial charge in [-0.05, 0) is 44.4 Å². The first-order chi connectivity index (χ1) is 10.5. The number of carboxylic acid groups (broad SMARTS) is 1. The molecule has 0 radical (unpaired) electrons. The molecule has 0 aromatic rings. The number of unbranched alkanes of at least 4 members (excludes halogenated alkanes) is 2. The normalized spacial score (nSPS) is 23.3. The number of rotatable bonds is 11. The second kappa shape index (κ2) is 10.5. The van der Waals surface area contributed by atoms with Crippen LogP contribution in [0.3, 0.4) is 0 Å². The van der Waals surface area contributed by atoms with E-state index in [2.05, 4.69) is 19.1 Å². The molecule has 0 saturated heterocycles. The molecule has 1 N–H and O–H groups in total. The van der Waals surface area contributed by atoms with Crippen LogP contribution in [0.4, 0.5) is 4.39 Å². The SMILES string of the molecule is CC/C=C\CC1C(=O)CCC1CC(F)CCCCCC(=O)O. The quantitative estimate of drug-likeness (QED) is 0.444. The minimum absolute atomic E-state index is 0.00746. The van der Waals surface area contributed by atoms with Gasteiger partial charge in [-0.15, -0.1) is 0 Å². The molecule has 1 rings (SSSR count). The number of carbonyl (C=O) groups is 2. The molecule has 0 aromatic carbocycles. The second-order valence-corrected chi connectivity index (χ2v) is 6.31. The third kappa shape index (κ3) is 7.19. The molecular weight excluding hydrogens is 283 g/mol. The number of Topliss-reactive ketones (excluding diaryl/α,β-unsaturated/α-hetero) is 1. The summed E-state index contributed by atoms with van der Waals surface area (Å²) >= 11 is 0. The van der Waals surface area contributed by atoms with E-state index in [4.69, 9.17) is 5.11 Å². The van der Waals surface area contributed by atoms with Crippen molar-refractivity contribution in [2.45, 2.75) is 77.3 Å². The van der Waals surface area contributed by atoms with Gasteiger partial charge >= 0.3 is 5.97 Å². The highest BCUT2D eigenvalue weighted by molar-refractivity contribution is 5.83. The lowest BCUT2D eigenvalue weighted by molar-refractivity contribution is -0.137. The van der Waals surface area contributed by atoms with E-state index in [-0.39, 0.29) is 18.3 Å². The van der Waals surface area contributed by atoms with Gasteiger partial charge in [0.1, 0.15) is 12.0 Å². The summed E-state index contributed by atoms with van der Waals surface area (Å²) in [5.74, 6) is -0.306. The van der Waals surface area contributed by atoms with Crippen LogP contribution in [-0.4, -0.2) is 23.0 Å². The Morgan fingerprint density at radius 1 is 1.36 bits per heavy atom. The molecule has 4 heteroatoms. The molecule has 3 atom stereocenters. The summed E-state index contributed by atoms with van der Waals surface area (Å²) in [7, 11) is 0. The third-order valence-electron chi connectivity index (χ3n) is 4.50. The van der Waals surface area contributed by atoms with Gasteiger partial charge in [0, 0.05) is 18.8 Å². The topological polar surface area (TPSA) is 54.4 Å². The van der Waals surface area contributed by atoms with Gasteiger partial charge in [-0.2, -0.15) is 0 Å². The van der Waals surface area contributed by atoms with Crippen molar-refractivity contribution >= 4 is 11.8 Å². The minimum Gasteiger partial charge on any atom is -0.481 e. The first-order valence-corrected chi connectivity index (χ1v) is 8.58. The Labute approximate surface area is 133 Å². The molecule has 0 bridgehead atoms. The molecule has 0 spiro atoms. The van der Waals surface area contributed by atoms with Crippen LogP contribution < -0.4 is 0 Å². The average Bonchev–Trinajstić information content (AvgIpc) is 2.79. The van der Waals surface area contributed by atoms with Crippen molar-refractivity contribution in [3.8, 4) is 0 Å². The standard InChI is InChI=1S/C18H29FO3/c1-2-3-5-9-16-14(11-12-17(16)20)13-15(19)8-6-4-7-10-18(21)22/h3,5,14-16H,2,4,6-13H2,1H3,(H,21,22)/b5-3-. The lowest BCUT2D eigenvalue weighted by atomic mass is 9.87. The molecule has 0 aromatic heterocycles. The fourth-order valence-electron chi connectivity index (χ4n) is 3.26. The number of hydrogen-bond donors (Lipinski definition) is 1. The molecule has 0 heterocycles. The molecule has 3 unspecified atom stereocenters. The van der Waals surface area contributed by atoms with E-state index >= 15 is 0 Å². The van der Waals surface area contributed by atoms with Gasteiger partial charge in [-0.25, -0.2) is 4.39 Å². The Balaban J connectivity index is 2.26. The highest BCUT2D eigenvalue weighted by atomic mass is 19.1. The monoisotopic (exact) mass is 312 g/mol. The zero-order valence-electron chi connectivity index (χ0n) is 13.6. The van der Waals surface area contributed by atoms with Crippen LogP contribution >= 0.6 is 0 Å². The molecule has 1 fully saturated rings. The number of carbonyl (C=O) groups excluding carboxylic acids is 1. The zero-order chi connectivity index (χ0) is 16.4. The number of allylic oxidation sites excluding steroid dienone is 2. The summed E-state index contributed by atoms with van der Waals surface area (Å²) in [6, 6.07) is 0. The Bertz CT molecular complexity index is 379. The van der Waals surface area contributed by atoms with Gasteiger partial charge in [-0.1, -0.05) is 31.9 Å². The summed E-state index contributed by atoms with van der Waals surface area (Å²) in [6.07, 6.45) is 9.65. The lowest BCUT2D eigenvalue weighted by Gasteiger charge is -2.19. The first-order valence-electron chi connectivity index (χ1n) is 8.58. The van der Waals surface area contributed by atoms with E-state index < -0.39 is 12.1 Å². The number of alkyl halides is 1. The van der Waals surface area contributed by atoms with Crippen LogP contribution in [0.1, 0.15) is 71.1 Å². The Kier molecular flexibility index (Phi) is 9.02. The zero-order valence-corrected chi connectivity index (χ0v) is 13.6. The maximum atomic E-state index is 14.1. The number of aliphatic carboxylic acids is 1. The molecule has 1 aliphatic rings. The Morgan fingerprint density at radius 3 is 2.82 bits per heavy atom. The molecular formula is C18H29FO3. The van der Waals surface area contributed by atoms with Gasteiger partial charge in [0.25, 0.3) is 0 Å². The van der Waals surface area contributed by atoms with Crippen molar-refractivity contribution in [1.82, 2.24) is 0 Å². The largest absolute Gasteiger partial charge is 0.481 e. The predicted molar refractivity (Wildman–Crippen MR) is 85.5 cm³/mol. The summed E-state index contributed by atoms with van der Waals surface area (Å²) < 4.78 is 14.1. The maximum Gasteiger partial charge on any atom is 0.303 e. The van der Waals surface area contributed by atoms with E-state index in [9.17, 15) is 14.0 Å². The summed E-state index contributed by atoms with van der Waals surface area (Å²) in [6.45, 7) is 2.06. The van der Waals surface area contributed by atoms with Gasteiger partial charge in [-0.3, -0.25) is 9.59 Å². The Hall–Kier alpha value is -1.19. The molecule has 1 aliphatic carbocycles. The predicted octanol–water partition coefficient (Wildman–Crippen LogP) is 4.70. The highest BCUT2D eigenvalue weighted by Gasteiger charge is 2.34. The van der Waals surface area contributed by atoms with Crippen LogP contribution in [0.5, 0.6) is 0 Å². The van der Waals surface area contributed by atoms with E-state index in [1.807, 2.05) is 0 Å². The van der Waals surface area contributed by atoms with E-state index in [1.54, 1.807) is 0 Å². The highest BCUT2D eigenvalue weighted by Crippen LogP contribution is 2.36. The third-order valence-corrected chi connectivity index (χ3v) is 4.50. The van der Waals surface area contributed by atoms with Crippen LogP contribution in [0.2, 0.25) is 0 Å². The van der Waals surface area contributed by atoms with Crippen molar-refractivity contribution in [3.05, 3.63) is 12.2 Å². The lowest BCUT2D eigenvalue weighted by Crippen LogP contribution is -2.18. The maximum absolute atomic E-state index is 14.1. The first kappa shape index (κ1) is 18.9. The van der Waals surface area contributed by atoms with Crippen molar-refractivity contribution < 1.29 is 19.1 Å². The van der Waals surface area contributed by atoms with Crippen molar-refractivity contribution in [1.29, 1.82) is 0 Å². The van der Waals surface area contributed by atoms with Crippen LogP contribution in [0.15, 0.2) is 12.2 Å². The number of halogens is 1. The molecule has 0 amide bonds. The van der Waals surface area contributed by atoms with Gasteiger partial charge in [0.05, 0.1) is 0 Å². The fraction of sp³-hybridized carbons (Fsp3) is 0.778. The van der Waals surface area contributed by atoms with Gasteiger partial charge in [0.2, 0.25) is 0 Å². The summed E-state index contributed by atoms with van der Waals surface area (Å²) in [4.78, 5) is 22.3. The average molecular weight is 312 g/mol. The summed E-state index contributed by atoms with van der Waals surface area (Å²) in [5.41, 5.74) is 0. The van der Waals surface area contributed by atoms with Crippen LogP contribution in [0.25, 0.3) is 0 Å². The van der Waals surface area contributed by atoms with E-state index in [0.29, 0.717) is 31.5 Å². The van der Waals surface area contributed by atoms with E-state index in [0.717, 1.165) is 32.1 Å². The number of carboxylic acids is 1. The molecule has 126 valence electrons. The number of ketones is 1. The summed E-state index contributed by atoms with van der Waals surface area (Å²) in [5, 5.41) is 8.54. The molecule has 0 aliphatic heterocycles. The minimum atomic E-state index is -0.863. The fourth-order valence-corrected chi connectivity index (χ4v) is 3.26. The number of hydrogen-bond acceptors (Lipinski definition) is 2. The van der Waals surface area contributed by atoms with Crippen LogP contribution in [0, 0.1) is 11.8 Å². The smallest absolute Gasteiger partial charge is 0.303 e. The molecule has 22 heavy (non-hydrogen) atoms. The second-order valence-electron chi connectivity index (χ2n) is 6.31. The molecule has 1 saturated carbocycles. The van der Waals surface area contributed by atoms with Crippen LogP contribution in [-0.2, 0) is 9.59 Å². The van der Waals surface area contributed by atoms with E-state index in [1.165, 1.54) is 0 Å². The van der Waals surface area contributed by atoms with Gasteiger partial charge < -0.3 is 5.11 Å². The van der Waals surface area contributed by atoms with Crippen molar-refractivity contribution in [3.63, 3.8) is 0 Å². The Morgan fingerprint density at radius 2 is 2.14 bits per heavy atom.